The minimum Gasteiger partial charge on any atom is -0.494 e. The number of hydrogen-bond donors (Lipinski definition) is 1. The van der Waals surface area contributed by atoms with Crippen molar-refractivity contribution in [2.75, 3.05) is 13.2 Å². The number of benzene rings is 2. The molecule has 1 atom stereocenters. The highest BCUT2D eigenvalue weighted by molar-refractivity contribution is 5.93. The van der Waals surface area contributed by atoms with Gasteiger partial charge in [0.15, 0.2) is 5.82 Å². The van der Waals surface area contributed by atoms with Crippen LogP contribution >= 0.6 is 0 Å². The Bertz CT molecular complexity index is 1050. The fourth-order valence-electron chi connectivity index (χ4n) is 3.58. The summed E-state index contributed by atoms with van der Waals surface area (Å²) in [7, 11) is 0. The summed E-state index contributed by atoms with van der Waals surface area (Å²) in [6.45, 7) is 3.95. The summed E-state index contributed by atoms with van der Waals surface area (Å²) < 4.78 is 10.9. The minimum atomic E-state index is -0.210. The van der Waals surface area contributed by atoms with Gasteiger partial charge in [0, 0.05) is 31.0 Å². The number of aromatic nitrogens is 2. The summed E-state index contributed by atoms with van der Waals surface area (Å²) in [5.74, 6) is 1.37. The summed E-state index contributed by atoms with van der Waals surface area (Å²) in [5, 5.41) is 6.80. The van der Waals surface area contributed by atoms with Gasteiger partial charge in [-0.05, 0) is 36.2 Å². The first-order chi connectivity index (χ1) is 15.6. The fraction of sp³-hybridized carbons (Fsp3) is 0.333. The topological polar surface area (TPSA) is 97.6 Å². The lowest BCUT2D eigenvalue weighted by Gasteiger charge is -2.16. The van der Waals surface area contributed by atoms with E-state index >= 15 is 0 Å². The van der Waals surface area contributed by atoms with E-state index in [2.05, 4.69) is 22.4 Å². The van der Waals surface area contributed by atoms with E-state index in [4.69, 9.17) is 9.26 Å². The maximum atomic E-state index is 12.5. The lowest BCUT2D eigenvalue weighted by molar-refractivity contribution is -0.128. The number of carbonyl (C=O) groups is 2. The molecule has 1 fully saturated rings. The highest BCUT2D eigenvalue weighted by atomic mass is 16.5. The van der Waals surface area contributed by atoms with Crippen LogP contribution in [0.4, 0.5) is 0 Å². The Morgan fingerprint density at radius 3 is 2.72 bits per heavy atom. The van der Waals surface area contributed by atoms with Crippen molar-refractivity contribution >= 4 is 11.8 Å². The zero-order valence-electron chi connectivity index (χ0n) is 18.0. The third-order valence-electron chi connectivity index (χ3n) is 5.27. The van der Waals surface area contributed by atoms with Crippen LogP contribution in [0.5, 0.6) is 5.75 Å². The minimum absolute atomic E-state index is 0.0602. The number of rotatable bonds is 9. The Hall–Kier alpha value is -3.68. The molecule has 0 spiro atoms. The number of nitrogens with one attached hydrogen (secondary N) is 1. The van der Waals surface area contributed by atoms with E-state index < -0.39 is 0 Å². The molecule has 0 bridgehead atoms. The van der Waals surface area contributed by atoms with Gasteiger partial charge in [-0.3, -0.25) is 9.59 Å². The van der Waals surface area contributed by atoms with Crippen LogP contribution in [0.15, 0.2) is 59.1 Å². The van der Waals surface area contributed by atoms with Gasteiger partial charge in [0.2, 0.25) is 11.8 Å². The van der Waals surface area contributed by atoms with Gasteiger partial charge in [0.25, 0.3) is 5.91 Å². The predicted molar refractivity (Wildman–Crippen MR) is 117 cm³/mol. The monoisotopic (exact) mass is 434 g/mol. The molecule has 8 nitrogen and oxygen atoms in total. The first-order valence-electron chi connectivity index (χ1n) is 10.8. The molecule has 32 heavy (non-hydrogen) atoms. The van der Waals surface area contributed by atoms with Gasteiger partial charge in [-0.25, -0.2) is 0 Å². The second kappa shape index (κ2) is 10.1. The van der Waals surface area contributed by atoms with Crippen LogP contribution in [0.2, 0.25) is 0 Å². The molecule has 1 aliphatic heterocycles. The van der Waals surface area contributed by atoms with Crippen LogP contribution in [0.1, 0.15) is 53.3 Å². The summed E-state index contributed by atoms with van der Waals surface area (Å²) in [5.41, 5.74) is 1.61. The van der Waals surface area contributed by atoms with Gasteiger partial charge < -0.3 is 19.5 Å². The molecule has 2 heterocycles. The third-order valence-corrected chi connectivity index (χ3v) is 5.27. The maximum absolute atomic E-state index is 12.5. The van der Waals surface area contributed by atoms with Crippen molar-refractivity contribution in [3.8, 4) is 5.75 Å². The molecule has 1 aromatic heterocycles. The van der Waals surface area contributed by atoms with Crippen molar-refractivity contribution in [3.63, 3.8) is 0 Å². The molecule has 1 N–H and O–H groups in total. The van der Waals surface area contributed by atoms with Gasteiger partial charge in [-0.2, -0.15) is 4.98 Å². The zero-order valence-corrected chi connectivity index (χ0v) is 18.0. The Balaban J connectivity index is 1.30. The summed E-state index contributed by atoms with van der Waals surface area (Å²) in [6.07, 6.45) is 1.30. The zero-order chi connectivity index (χ0) is 22.3. The van der Waals surface area contributed by atoms with Crippen LogP contribution < -0.4 is 10.1 Å². The number of hydrogen-bond acceptors (Lipinski definition) is 6. The first kappa shape index (κ1) is 21.5. The molecule has 166 valence electrons. The number of carbonyl (C=O) groups excluding carboxylic acids is 2. The van der Waals surface area contributed by atoms with E-state index in [1.165, 1.54) is 0 Å². The molecular weight excluding hydrogens is 408 g/mol. The average molecular weight is 434 g/mol. The Kier molecular flexibility index (Phi) is 6.79. The fourth-order valence-corrected chi connectivity index (χ4v) is 3.58. The lowest BCUT2D eigenvalue weighted by atomic mass is 10.1. The first-order valence-corrected chi connectivity index (χ1v) is 10.8. The average Bonchev–Trinajstić information content (AvgIpc) is 3.44. The van der Waals surface area contributed by atoms with E-state index in [0.717, 1.165) is 17.7 Å². The van der Waals surface area contributed by atoms with Crippen molar-refractivity contribution in [2.24, 2.45) is 0 Å². The molecule has 0 radical (unpaired) electrons. The highest BCUT2D eigenvalue weighted by Crippen LogP contribution is 2.28. The smallest absolute Gasteiger partial charge is 0.251 e. The van der Waals surface area contributed by atoms with Gasteiger partial charge in [-0.1, -0.05) is 42.4 Å². The molecule has 2 aromatic carbocycles. The highest BCUT2D eigenvalue weighted by Gasteiger charge is 2.33. The molecule has 8 heteroatoms. The predicted octanol–water partition coefficient (Wildman–Crippen LogP) is 3.30. The van der Waals surface area contributed by atoms with E-state index in [9.17, 15) is 9.59 Å². The van der Waals surface area contributed by atoms with E-state index in [-0.39, 0.29) is 24.3 Å². The van der Waals surface area contributed by atoms with Crippen LogP contribution in [0.3, 0.4) is 0 Å². The normalized spacial score (nSPS) is 15.7. The number of nitrogens with zero attached hydrogens (tertiary/aromatic N) is 3. The maximum Gasteiger partial charge on any atom is 0.251 e. The van der Waals surface area contributed by atoms with E-state index in [0.29, 0.717) is 43.4 Å². The Labute approximate surface area is 186 Å². The van der Waals surface area contributed by atoms with Gasteiger partial charge in [-0.15, -0.1) is 0 Å². The molecular formula is C24H26N4O4. The second-order valence-electron chi connectivity index (χ2n) is 7.76. The molecule has 3 aromatic rings. The van der Waals surface area contributed by atoms with Crippen LogP contribution in [-0.2, 0) is 17.9 Å². The van der Waals surface area contributed by atoms with Gasteiger partial charge >= 0.3 is 0 Å². The SMILES string of the molecule is CCCOc1ccc(CN2CC(c3noc(CNC(=O)c4ccccc4)n3)CC2=O)cc1. The van der Waals surface area contributed by atoms with Crippen molar-refractivity contribution in [1.82, 2.24) is 20.4 Å². The molecule has 1 aliphatic rings. The third kappa shape index (κ3) is 5.32. The van der Waals surface area contributed by atoms with E-state index in [1.54, 1.807) is 29.2 Å². The molecule has 1 saturated heterocycles. The molecule has 2 amide bonds. The lowest BCUT2D eigenvalue weighted by Crippen LogP contribution is -2.24. The number of amides is 2. The Morgan fingerprint density at radius 1 is 1.19 bits per heavy atom. The number of ether oxygens (including phenoxy) is 1. The van der Waals surface area contributed by atoms with Crippen LogP contribution in [0.25, 0.3) is 0 Å². The summed E-state index contributed by atoms with van der Waals surface area (Å²) >= 11 is 0. The van der Waals surface area contributed by atoms with E-state index in [1.807, 2.05) is 30.3 Å². The summed E-state index contributed by atoms with van der Waals surface area (Å²) in [6, 6.07) is 16.7. The molecule has 0 saturated carbocycles. The standard InChI is InChI=1S/C24H26N4O4/c1-2-12-31-20-10-8-17(9-11-20)15-28-16-19(13-22(28)29)23-26-21(32-27-23)14-25-24(30)18-6-4-3-5-7-18/h3-11,19H,2,12-16H2,1H3,(H,25,30). The molecule has 1 unspecified atom stereocenters. The largest absolute Gasteiger partial charge is 0.494 e. The summed E-state index contributed by atoms with van der Waals surface area (Å²) in [4.78, 5) is 30.9. The molecule has 0 aliphatic carbocycles. The molecule has 4 rings (SSSR count). The van der Waals surface area contributed by atoms with Crippen molar-refractivity contribution in [2.45, 2.75) is 38.8 Å². The van der Waals surface area contributed by atoms with Gasteiger partial charge in [0.05, 0.1) is 13.2 Å². The van der Waals surface area contributed by atoms with Gasteiger partial charge in [0.1, 0.15) is 5.75 Å². The number of likely N-dealkylation sites (tertiary alicyclic amines) is 1. The second-order valence-corrected chi connectivity index (χ2v) is 7.76. The van der Waals surface area contributed by atoms with Crippen molar-refractivity contribution in [1.29, 1.82) is 0 Å². The quantitative estimate of drug-likeness (QED) is 0.555. The van der Waals surface area contributed by atoms with Crippen molar-refractivity contribution < 1.29 is 18.8 Å². The van der Waals surface area contributed by atoms with Crippen LogP contribution in [-0.4, -0.2) is 40.0 Å². The van der Waals surface area contributed by atoms with Crippen molar-refractivity contribution in [3.05, 3.63) is 77.4 Å². The Morgan fingerprint density at radius 2 is 1.97 bits per heavy atom. The van der Waals surface area contributed by atoms with Crippen LogP contribution in [0, 0.1) is 0 Å².